The topological polar surface area (TPSA) is 38.3 Å². The van der Waals surface area contributed by atoms with E-state index in [1.807, 2.05) is 6.92 Å². The minimum atomic E-state index is -0.674. The molecular formula is C12H25NO2S. The molecule has 3 nitrogen and oxygen atoms in total. The lowest BCUT2D eigenvalue weighted by atomic mass is 9.94. The maximum atomic E-state index is 11.3. The van der Waals surface area contributed by atoms with Crippen molar-refractivity contribution in [3.05, 3.63) is 0 Å². The molecule has 1 fully saturated rings. The molecule has 16 heavy (non-hydrogen) atoms. The van der Waals surface area contributed by atoms with Crippen LogP contribution in [0.25, 0.3) is 0 Å². The molecule has 0 aromatic carbocycles. The maximum absolute atomic E-state index is 11.3. The number of nitrogens with one attached hydrogen (secondary N) is 1. The summed E-state index contributed by atoms with van der Waals surface area (Å²) in [6, 6.07) is 0.358. The number of hydrogen-bond donors (Lipinski definition) is 1. The Balaban J connectivity index is 2.40. The maximum Gasteiger partial charge on any atom is 0.0787 e. The first-order chi connectivity index (χ1) is 7.27. The van der Waals surface area contributed by atoms with Gasteiger partial charge in [0.1, 0.15) is 0 Å². The van der Waals surface area contributed by atoms with E-state index in [2.05, 4.69) is 33.0 Å². The molecule has 4 heteroatoms. The van der Waals surface area contributed by atoms with Crippen LogP contribution in [0.5, 0.6) is 0 Å². The molecule has 0 amide bonds. The zero-order chi connectivity index (χ0) is 12.4. The Morgan fingerprint density at radius 2 is 2.00 bits per heavy atom. The van der Waals surface area contributed by atoms with Crippen molar-refractivity contribution in [3.63, 3.8) is 0 Å². The molecule has 0 radical (unpaired) electrons. The normalized spacial score (nSPS) is 29.2. The van der Waals surface area contributed by atoms with Gasteiger partial charge in [-0.3, -0.25) is 4.21 Å². The summed E-state index contributed by atoms with van der Waals surface area (Å²) in [7, 11) is -0.674. The van der Waals surface area contributed by atoms with Gasteiger partial charge in [0.15, 0.2) is 0 Å². The summed E-state index contributed by atoms with van der Waals surface area (Å²) in [4.78, 5) is 0. The van der Waals surface area contributed by atoms with Gasteiger partial charge in [0.05, 0.1) is 11.2 Å². The molecule has 2 unspecified atom stereocenters. The lowest BCUT2D eigenvalue weighted by Gasteiger charge is -2.27. The fourth-order valence-electron chi connectivity index (χ4n) is 2.37. The van der Waals surface area contributed by atoms with E-state index in [-0.39, 0.29) is 11.2 Å². The standard InChI is InChI=1S/C12H25NO2S/c1-6-16(14)8-7-13-10-9-11(2,3)15-12(10,4)5/h10,13H,6-9H2,1-5H3. The van der Waals surface area contributed by atoms with E-state index in [4.69, 9.17) is 4.74 Å². The predicted octanol–water partition coefficient (Wildman–Crippen LogP) is 1.69. The summed E-state index contributed by atoms with van der Waals surface area (Å²) in [6.45, 7) is 11.3. The van der Waals surface area contributed by atoms with Crippen LogP contribution in [0.15, 0.2) is 0 Å². The first kappa shape index (κ1) is 14.1. The summed E-state index contributed by atoms with van der Waals surface area (Å²) in [5.41, 5.74) is -0.178. The summed E-state index contributed by atoms with van der Waals surface area (Å²) in [5, 5.41) is 3.47. The molecule has 1 saturated heterocycles. The molecule has 1 N–H and O–H groups in total. The average Bonchev–Trinajstić information content (AvgIpc) is 2.34. The van der Waals surface area contributed by atoms with Crippen LogP contribution < -0.4 is 5.32 Å². The second kappa shape index (κ2) is 5.15. The largest absolute Gasteiger partial charge is 0.368 e. The van der Waals surface area contributed by atoms with Crippen LogP contribution in [0.1, 0.15) is 41.0 Å². The zero-order valence-electron chi connectivity index (χ0n) is 11.1. The van der Waals surface area contributed by atoms with Gasteiger partial charge in [-0.05, 0) is 34.1 Å². The van der Waals surface area contributed by atoms with Crippen LogP contribution in [-0.2, 0) is 15.5 Å². The molecular weight excluding hydrogens is 222 g/mol. The molecule has 1 aliphatic heterocycles. The molecule has 0 aliphatic carbocycles. The van der Waals surface area contributed by atoms with Gasteiger partial charge in [-0.25, -0.2) is 0 Å². The minimum absolute atomic E-state index is 0.0505. The van der Waals surface area contributed by atoms with Gasteiger partial charge < -0.3 is 10.1 Å². The Labute approximate surface area is 102 Å². The Morgan fingerprint density at radius 1 is 1.38 bits per heavy atom. The molecule has 0 saturated carbocycles. The Morgan fingerprint density at radius 3 is 2.44 bits per heavy atom. The molecule has 1 heterocycles. The molecule has 0 aromatic heterocycles. The first-order valence-electron chi connectivity index (χ1n) is 6.05. The van der Waals surface area contributed by atoms with Crippen LogP contribution in [0.2, 0.25) is 0 Å². The first-order valence-corrected chi connectivity index (χ1v) is 7.54. The minimum Gasteiger partial charge on any atom is -0.368 e. The fraction of sp³-hybridized carbons (Fsp3) is 1.00. The van der Waals surface area contributed by atoms with Gasteiger partial charge in [-0.2, -0.15) is 0 Å². The van der Waals surface area contributed by atoms with E-state index in [9.17, 15) is 4.21 Å². The van der Waals surface area contributed by atoms with Crippen LogP contribution in [0.3, 0.4) is 0 Å². The van der Waals surface area contributed by atoms with E-state index < -0.39 is 10.8 Å². The molecule has 1 aliphatic rings. The van der Waals surface area contributed by atoms with Crippen molar-refractivity contribution in [3.8, 4) is 0 Å². The summed E-state index contributed by atoms with van der Waals surface area (Å²) < 4.78 is 17.3. The summed E-state index contributed by atoms with van der Waals surface area (Å²) in [6.07, 6.45) is 1.01. The molecule has 0 bridgehead atoms. The van der Waals surface area contributed by atoms with Crippen LogP contribution >= 0.6 is 0 Å². The molecule has 2 atom stereocenters. The highest BCUT2D eigenvalue weighted by atomic mass is 32.2. The van der Waals surface area contributed by atoms with Gasteiger partial charge in [0.2, 0.25) is 0 Å². The third-order valence-electron chi connectivity index (χ3n) is 3.12. The van der Waals surface area contributed by atoms with Gasteiger partial charge in [0.25, 0.3) is 0 Å². The van der Waals surface area contributed by atoms with Crippen molar-refractivity contribution < 1.29 is 8.95 Å². The summed E-state index contributed by atoms with van der Waals surface area (Å²) >= 11 is 0. The number of hydrogen-bond acceptors (Lipinski definition) is 3. The van der Waals surface area contributed by atoms with Crippen molar-refractivity contribution in [1.29, 1.82) is 0 Å². The second-order valence-electron chi connectivity index (χ2n) is 5.61. The van der Waals surface area contributed by atoms with Gasteiger partial charge in [0, 0.05) is 34.9 Å². The number of ether oxygens (including phenoxy) is 1. The Bertz CT molecular complexity index is 264. The van der Waals surface area contributed by atoms with Crippen molar-refractivity contribution >= 4 is 10.8 Å². The molecule has 0 spiro atoms. The second-order valence-corrected chi connectivity index (χ2v) is 7.47. The SMILES string of the molecule is CCS(=O)CCNC1CC(C)(C)OC1(C)C. The van der Waals surface area contributed by atoms with E-state index in [0.717, 1.165) is 24.5 Å². The highest BCUT2D eigenvalue weighted by molar-refractivity contribution is 7.84. The quantitative estimate of drug-likeness (QED) is 0.803. The average molecular weight is 247 g/mol. The Hall–Kier alpha value is 0.0700. The van der Waals surface area contributed by atoms with Gasteiger partial charge >= 0.3 is 0 Å². The van der Waals surface area contributed by atoms with Crippen LogP contribution in [0, 0.1) is 0 Å². The highest BCUT2D eigenvalue weighted by Gasteiger charge is 2.45. The van der Waals surface area contributed by atoms with Crippen LogP contribution in [-0.4, -0.2) is 39.5 Å². The lowest BCUT2D eigenvalue weighted by Crippen LogP contribution is -2.44. The predicted molar refractivity (Wildman–Crippen MR) is 69.2 cm³/mol. The van der Waals surface area contributed by atoms with Crippen molar-refractivity contribution in [2.75, 3.05) is 18.1 Å². The van der Waals surface area contributed by atoms with E-state index in [1.54, 1.807) is 0 Å². The zero-order valence-corrected chi connectivity index (χ0v) is 11.9. The monoisotopic (exact) mass is 247 g/mol. The molecule has 0 aromatic rings. The number of rotatable bonds is 5. The van der Waals surface area contributed by atoms with E-state index >= 15 is 0 Å². The van der Waals surface area contributed by atoms with Crippen molar-refractivity contribution in [1.82, 2.24) is 5.32 Å². The smallest absolute Gasteiger partial charge is 0.0787 e. The Kier molecular flexibility index (Phi) is 4.55. The summed E-state index contributed by atoms with van der Waals surface area (Å²) in [5.74, 6) is 1.49. The third kappa shape index (κ3) is 3.82. The lowest BCUT2D eigenvalue weighted by molar-refractivity contribution is -0.0696. The van der Waals surface area contributed by atoms with Gasteiger partial charge in [-0.1, -0.05) is 6.92 Å². The van der Waals surface area contributed by atoms with E-state index in [1.165, 1.54) is 0 Å². The molecule has 96 valence electrons. The van der Waals surface area contributed by atoms with Crippen LogP contribution in [0.4, 0.5) is 0 Å². The van der Waals surface area contributed by atoms with Crippen molar-refractivity contribution in [2.24, 2.45) is 0 Å². The third-order valence-corrected chi connectivity index (χ3v) is 4.42. The van der Waals surface area contributed by atoms with E-state index in [0.29, 0.717) is 6.04 Å². The van der Waals surface area contributed by atoms with Crippen molar-refractivity contribution in [2.45, 2.75) is 58.3 Å². The van der Waals surface area contributed by atoms with Gasteiger partial charge in [-0.15, -0.1) is 0 Å². The highest BCUT2D eigenvalue weighted by Crippen LogP contribution is 2.36. The fourth-order valence-corrected chi connectivity index (χ4v) is 3.01. The molecule has 1 rings (SSSR count).